The van der Waals surface area contributed by atoms with E-state index in [1.54, 1.807) is 24.3 Å². The predicted molar refractivity (Wildman–Crippen MR) is 103 cm³/mol. The fraction of sp³-hybridized carbons (Fsp3) is 0.190. The Morgan fingerprint density at radius 1 is 0.966 bits per heavy atom. The molecule has 1 aliphatic rings. The molecule has 2 aromatic carbocycles. The van der Waals surface area contributed by atoms with E-state index >= 15 is 0 Å². The van der Waals surface area contributed by atoms with Gasteiger partial charge in [0, 0.05) is 0 Å². The minimum Gasteiger partial charge on any atom is -0.407 e. The number of nitrogens with zero attached hydrogens (tertiary/aromatic N) is 3. The Balaban J connectivity index is 1.37. The van der Waals surface area contributed by atoms with Crippen LogP contribution < -0.4 is 5.32 Å². The van der Waals surface area contributed by atoms with Crippen LogP contribution in [0.2, 0.25) is 0 Å². The van der Waals surface area contributed by atoms with Crippen LogP contribution in [0.4, 0.5) is 6.01 Å². The SMILES string of the molecule is CCc1ccc(Cc2nnc(NC(=O)CN3C(=O)c4ccccc4C3=O)o2)cc1. The molecule has 8 heteroatoms. The molecule has 1 aromatic heterocycles. The molecule has 0 atom stereocenters. The zero-order valence-corrected chi connectivity index (χ0v) is 15.7. The lowest BCUT2D eigenvalue weighted by Crippen LogP contribution is -2.37. The minimum atomic E-state index is -0.595. The van der Waals surface area contributed by atoms with Crippen molar-refractivity contribution in [2.24, 2.45) is 0 Å². The molecular weight excluding hydrogens is 372 g/mol. The van der Waals surface area contributed by atoms with Gasteiger partial charge in [0.2, 0.25) is 11.8 Å². The van der Waals surface area contributed by atoms with Crippen molar-refractivity contribution in [3.05, 3.63) is 76.7 Å². The molecule has 2 heterocycles. The molecule has 3 aromatic rings. The van der Waals surface area contributed by atoms with Gasteiger partial charge in [-0.05, 0) is 29.7 Å². The molecule has 0 bridgehead atoms. The molecule has 146 valence electrons. The standard InChI is InChI=1S/C21H18N4O4/c1-2-13-7-9-14(10-8-13)11-18-23-24-21(29-18)22-17(26)12-25-19(27)15-5-3-4-6-16(15)20(25)28/h3-10H,2,11-12H2,1H3,(H,22,24,26). The smallest absolute Gasteiger partial charge is 0.322 e. The van der Waals surface area contributed by atoms with Crippen LogP contribution in [0, 0.1) is 0 Å². The summed E-state index contributed by atoms with van der Waals surface area (Å²) >= 11 is 0. The molecule has 0 aliphatic carbocycles. The Kier molecular flexibility index (Phi) is 4.90. The first-order chi connectivity index (χ1) is 14.0. The molecule has 0 fully saturated rings. The Morgan fingerprint density at radius 2 is 1.59 bits per heavy atom. The zero-order valence-electron chi connectivity index (χ0n) is 15.7. The van der Waals surface area contributed by atoms with Crippen LogP contribution in [0.5, 0.6) is 0 Å². The van der Waals surface area contributed by atoms with Crippen LogP contribution in [0.25, 0.3) is 0 Å². The largest absolute Gasteiger partial charge is 0.407 e. The van der Waals surface area contributed by atoms with Gasteiger partial charge in [-0.1, -0.05) is 48.4 Å². The molecule has 0 saturated heterocycles. The molecule has 8 nitrogen and oxygen atoms in total. The minimum absolute atomic E-state index is 0.0770. The third kappa shape index (κ3) is 3.77. The van der Waals surface area contributed by atoms with Gasteiger partial charge < -0.3 is 4.42 Å². The highest BCUT2D eigenvalue weighted by Crippen LogP contribution is 2.22. The molecule has 0 unspecified atom stereocenters. The molecule has 0 saturated carbocycles. The fourth-order valence-corrected chi connectivity index (χ4v) is 3.13. The van der Waals surface area contributed by atoms with Crippen molar-refractivity contribution in [2.75, 3.05) is 11.9 Å². The van der Waals surface area contributed by atoms with Crippen LogP contribution >= 0.6 is 0 Å². The number of imide groups is 1. The van der Waals surface area contributed by atoms with Gasteiger partial charge in [0.25, 0.3) is 11.8 Å². The molecule has 0 radical (unpaired) electrons. The zero-order chi connectivity index (χ0) is 20.4. The normalized spacial score (nSPS) is 12.9. The number of benzene rings is 2. The third-order valence-corrected chi connectivity index (χ3v) is 4.68. The van der Waals surface area contributed by atoms with Crippen LogP contribution in [-0.2, 0) is 17.6 Å². The van der Waals surface area contributed by atoms with E-state index in [9.17, 15) is 14.4 Å². The Hall–Kier alpha value is -3.81. The van der Waals surface area contributed by atoms with Crippen molar-refractivity contribution >= 4 is 23.7 Å². The number of anilines is 1. The molecule has 1 N–H and O–H groups in total. The summed E-state index contributed by atoms with van der Waals surface area (Å²) in [5.41, 5.74) is 2.83. The highest BCUT2D eigenvalue weighted by molar-refractivity contribution is 6.22. The number of nitrogens with one attached hydrogen (secondary N) is 1. The third-order valence-electron chi connectivity index (χ3n) is 4.68. The lowest BCUT2D eigenvalue weighted by molar-refractivity contribution is -0.116. The summed E-state index contributed by atoms with van der Waals surface area (Å²) in [4.78, 5) is 37.8. The van der Waals surface area contributed by atoms with Gasteiger partial charge >= 0.3 is 6.01 Å². The van der Waals surface area contributed by atoms with Crippen LogP contribution in [-0.4, -0.2) is 39.4 Å². The topological polar surface area (TPSA) is 105 Å². The second-order valence-corrected chi connectivity index (χ2v) is 6.64. The number of aryl methyl sites for hydroxylation is 1. The molecule has 0 spiro atoms. The summed E-state index contributed by atoms with van der Waals surface area (Å²) in [6.07, 6.45) is 1.40. The second kappa shape index (κ2) is 7.67. The molecule has 3 amide bonds. The van der Waals surface area contributed by atoms with Gasteiger partial charge in [-0.2, -0.15) is 0 Å². The van der Waals surface area contributed by atoms with Crippen molar-refractivity contribution in [2.45, 2.75) is 19.8 Å². The lowest BCUT2D eigenvalue weighted by atomic mass is 10.1. The van der Waals surface area contributed by atoms with Gasteiger partial charge in [-0.15, -0.1) is 5.10 Å². The van der Waals surface area contributed by atoms with Crippen LogP contribution in [0.1, 0.15) is 44.7 Å². The van der Waals surface area contributed by atoms with E-state index < -0.39 is 24.3 Å². The van der Waals surface area contributed by atoms with Crippen molar-refractivity contribution < 1.29 is 18.8 Å². The summed E-state index contributed by atoms with van der Waals surface area (Å²) in [6, 6.07) is 14.4. The summed E-state index contributed by atoms with van der Waals surface area (Å²) < 4.78 is 5.45. The molecule has 29 heavy (non-hydrogen) atoms. The van der Waals surface area contributed by atoms with Crippen LogP contribution in [0.3, 0.4) is 0 Å². The van der Waals surface area contributed by atoms with Crippen LogP contribution in [0.15, 0.2) is 52.9 Å². The van der Waals surface area contributed by atoms with Gasteiger partial charge in [0.05, 0.1) is 17.5 Å². The van der Waals surface area contributed by atoms with Crippen molar-refractivity contribution in [1.82, 2.24) is 15.1 Å². The number of carbonyl (C=O) groups is 3. The average molecular weight is 390 g/mol. The first-order valence-electron chi connectivity index (χ1n) is 9.20. The van der Waals surface area contributed by atoms with Crippen molar-refractivity contribution in [1.29, 1.82) is 0 Å². The Bertz CT molecular complexity index is 1050. The van der Waals surface area contributed by atoms with E-state index in [0.717, 1.165) is 16.9 Å². The maximum absolute atomic E-state index is 12.3. The van der Waals surface area contributed by atoms with Crippen molar-refractivity contribution in [3.63, 3.8) is 0 Å². The van der Waals surface area contributed by atoms with E-state index in [-0.39, 0.29) is 6.01 Å². The molecule has 1 aliphatic heterocycles. The quantitative estimate of drug-likeness (QED) is 0.648. The number of hydrogen-bond acceptors (Lipinski definition) is 6. The maximum Gasteiger partial charge on any atom is 0.322 e. The lowest BCUT2D eigenvalue weighted by Gasteiger charge is -2.12. The van der Waals surface area contributed by atoms with E-state index in [1.807, 2.05) is 24.3 Å². The summed E-state index contributed by atoms with van der Waals surface area (Å²) in [5, 5.41) is 10.2. The number of amides is 3. The number of hydrogen-bond donors (Lipinski definition) is 1. The summed E-state index contributed by atoms with van der Waals surface area (Å²) in [5.74, 6) is -1.24. The first-order valence-corrected chi connectivity index (χ1v) is 9.20. The van der Waals surface area contributed by atoms with Gasteiger partial charge in [0.15, 0.2) is 0 Å². The number of rotatable bonds is 6. The molecular formula is C21H18N4O4. The van der Waals surface area contributed by atoms with E-state index in [1.165, 1.54) is 5.56 Å². The van der Waals surface area contributed by atoms with E-state index in [4.69, 9.17) is 4.42 Å². The fourth-order valence-electron chi connectivity index (χ4n) is 3.13. The van der Waals surface area contributed by atoms with Gasteiger partial charge in [-0.3, -0.25) is 24.6 Å². The Morgan fingerprint density at radius 3 is 2.21 bits per heavy atom. The number of carbonyl (C=O) groups excluding carboxylic acids is 3. The second-order valence-electron chi connectivity index (χ2n) is 6.64. The summed E-state index contributed by atoms with van der Waals surface area (Å²) in [7, 11) is 0. The van der Waals surface area contributed by atoms with Gasteiger partial charge in [-0.25, -0.2) is 0 Å². The Labute approximate surface area is 166 Å². The van der Waals surface area contributed by atoms with E-state index in [0.29, 0.717) is 23.4 Å². The highest BCUT2D eigenvalue weighted by Gasteiger charge is 2.36. The van der Waals surface area contributed by atoms with Gasteiger partial charge in [0.1, 0.15) is 6.54 Å². The van der Waals surface area contributed by atoms with E-state index in [2.05, 4.69) is 22.4 Å². The predicted octanol–water partition coefficient (Wildman–Crippen LogP) is 2.46. The first kappa shape index (κ1) is 18.5. The number of aromatic nitrogens is 2. The summed E-state index contributed by atoms with van der Waals surface area (Å²) in [6.45, 7) is 1.66. The highest BCUT2D eigenvalue weighted by atomic mass is 16.4. The average Bonchev–Trinajstić information content (AvgIpc) is 3.26. The molecule has 4 rings (SSSR count). The maximum atomic E-state index is 12.3. The monoisotopic (exact) mass is 390 g/mol. The number of fused-ring (bicyclic) bond motifs is 1. The van der Waals surface area contributed by atoms with Crippen molar-refractivity contribution in [3.8, 4) is 0 Å².